The second-order valence-corrected chi connectivity index (χ2v) is 7.59. The molecule has 0 atom stereocenters. The van der Waals surface area contributed by atoms with Gasteiger partial charge in [-0.2, -0.15) is 0 Å². The maximum atomic E-state index is 12.4. The number of esters is 1. The van der Waals surface area contributed by atoms with Gasteiger partial charge in [0.1, 0.15) is 12.4 Å². The molecule has 1 N–H and O–H groups in total. The first-order chi connectivity index (χ1) is 16.1. The summed E-state index contributed by atoms with van der Waals surface area (Å²) in [6.45, 7) is 0.563. The molecular weight excluding hydrogens is 420 g/mol. The summed E-state index contributed by atoms with van der Waals surface area (Å²) in [5.74, 6) is -0.276. The second-order valence-electron chi connectivity index (χ2n) is 7.59. The van der Waals surface area contributed by atoms with Gasteiger partial charge in [-0.3, -0.25) is 9.59 Å². The van der Waals surface area contributed by atoms with E-state index in [-0.39, 0.29) is 5.91 Å². The predicted molar refractivity (Wildman–Crippen MR) is 124 cm³/mol. The minimum atomic E-state index is -0.594. The molecule has 33 heavy (non-hydrogen) atoms. The van der Waals surface area contributed by atoms with Crippen LogP contribution in [0.2, 0.25) is 0 Å². The van der Waals surface area contributed by atoms with Gasteiger partial charge in [0, 0.05) is 13.0 Å². The number of anilines is 2. The molecule has 0 aromatic heterocycles. The molecule has 3 aromatic carbocycles. The summed E-state index contributed by atoms with van der Waals surface area (Å²) >= 11 is 0. The number of carbonyl (C=O) groups is 3. The van der Waals surface area contributed by atoms with Crippen LogP contribution in [0.1, 0.15) is 28.8 Å². The third kappa shape index (κ3) is 5.77. The van der Waals surface area contributed by atoms with Crippen molar-refractivity contribution in [3.63, 3.8) is 0 Å². The number of carbonyl (C=O) groups excluding carboxylic acids is 3. The van der Waals surface area contributed by atoms with E-state index in [1.807, 2.05) is 36.4 Å². The van der Waals surface area contributed by atoms with Gasteiger partial charge in [-0.25, -0.2) is 4.79 Å². The Morgan fingerprint density at radius 1 is 0.909 bits per heavy atom. The van der Waals surface area contributed by atoms with Gasteiger partial charge in [0.25, 0.3) is 5.91 Å². The van der Waals surface area contributed by atoms with Crippen LogP contribution < -0.4 is 15.0 Å². The van der Waals surface area contributed by atoms with E-state index in [0.29, 0.717) is 36.5 Å². The minimum absolute atomic E-state index is 0.0285. The molecule has 0 unspecified atom stereocenters. The smallest absolute Gasteiger partial charge is 0.338 e. The van der Waals surface area contributed by atoms with Crippen LogP contribution >= 0.6 is 0 Å². The fourth-order valence-corrected chi connectivity index (χ4v) is 3.54. The Morgan fingerprint density at radius 3 is 2.36 bits per heavy atom. The molecule has 168 valence electrons. The Bertz CT molecular complexity index is 1130. The van der Waals surface area contributed by atoms with Crippen LogP contribution in [0.25, 0.3) is 0 Å². The van der Waals surface area contributed by atoms with Crippen LogP contribution in [0.3, 0.4) is 0 Å². The topological polar surface area (TPSA) is 84.9 Å². The number of amides is 2. The molecule has 2 amide bonds. The van der Waals surface area contributed by atoms with Crippen LogP contribution in [-0.4, -0.2) is 30.9 Å². The molecule has 0 saturated carbocycles. The van der Waals surface area contributed by atoms with Crippen LogP contribution in [0.15, 0.2) is 78.9 Å². The van der Waals surface area contributed by atoms with Crippen molar-refractivity contribution in [1.82, 2.24) is 0 Å². The molecular formula is C26H24N2O5. The molecule has 0 radical (unpaired) electrons. The number of benzene rings is 3. The Morgan fingerprint density at radius 2 is 1.64 bits per heavy atom. The summed E-state index contributed by atoms with van der Waals surface area (Å²) in [7, 11) is 0. The van der Waals surface area contributed by atoms with Crippen molar-refractivity contribution in [2.45, 2.75) is 19.4 Å². The largest absolute Gasteiger partial charge is 0.489 e. The van der Waals surface area contributed by atoms with E-state index in [9.17, 15) is 14.4 Å². The van der Waals surface area contributed by atoms with Crippen LogP contribution in [-0.2, 0) is 20.9 Å². The zero-order chi connectivity index (χ0) is 23.0. The summed E-state index contributed by atoms with van der Waals surface area (Å²) in [6.07, 6.45) is 1.28. The lowest BCUT2D eigenvalue weighted by molar-refractivity contribution is -0.119. The van der Waals surface area contributed by atoms with Crippen LogP contribution in [0, 0.1) is 0 Å². The molecule has 1 heterocycles. The number of rotatable bonds is 8. The normalized spacial score (nSPS) is 13.0. The van der Waals surface area contributed by atoms with E-state index in [1.165, 1.54) is 0 Å². The molecule has 0 spiro atoms. The molecule has 0 aliphatic carbocycles. The molecule has 3 aromatic rings. The number of nitrogens with zero attached hydrogens (tertiary/aromatic N) is 1. The van der Waals surface area contributed by atoms with E-state index in [4.69, 9.17) is 9.47 Å². The molecule has 7 nitrogen and oxygen atoms in total. The second kappa shape index (κ2) is 10.5. The third-order valence-corrected chi connectivity index (χ3v) is 5.22. The van der Waals surface area contributed by atoms with E-state index in [2.05, 4.69) is 5.32 Å². The first kappa shape index (κ1) is 22.1. The number of nitrogens with one attached hydrogen (secondary N) is 1. The summed E-state index contributed by atoms with van der Waals surface area (Å²) < 4.78 is 10.8. The molecule has 1 aliphatic heterocycles. The first-order valence-electron chi connectivity index (χ1n) is 10.7. The molecule has 0 bridgehead atoms. The van der Waals surface area contributed by atoms with Crippen LogP contribution in [0.4, 0.5) is 11.4 Å². The van der Waals surface area contributed by atoms with Gasteiger partial charge in [0.2, 0.25) is 5.91 Å². The average Bonchev–Trinajstić information content (AvgIpc) is 3.28. The molecule has 1 saturated heterocycles. The predicted octanol–water partition coefficient (Wildman–Crippen LogP) is 4.19. The van der Waals surface area contributed by atoms with Crippen molar-refractivity contribution in [3.8, 4) is 5.75 Å². The van der Waals surface area contributed by atoms with Crippen molar-refractivity contribution in [2.75, 3.05) is 23.4 Å². The lowest BCUT2D eigenvalue weighted by Gasteiger charge is -2.19. The summed E-state index contributed by atoms with van der Waals surface area (Å²) in [5, 5.41) is 2.73. The Balaban J connectivity index is 1.28. The lowest BCUT2D eigenvalue weighted by Crippen LogP contribution is -2.27. The van der Waals surface area contributed by atoms with E-state index < -0.39 is 18.5 Å². The van der Waals surface area contributed by atoms with Crippen LogP contribution in [0.5, 0.6) is 5.75 Å². The highest BCUT2D eigenvalue weighted by Crippen LogP contribution is 2.29. The first-order valence-corrected chi connectivity index (χ1v) is 10.7. The van der Waals surface area contributed by atoms with Gasteiger partial charge in [-0.15, -0.1) is 0 Å². The summed E-state index contributed by atoms with van der Waals surface area (Å²) in [5.41, 5.74) is 2.40. The monoisotopic (exact) mass is 444 g/mol. The standard InChI is InChI=1S/C26H24N2O5/c29-24(27-22-9-4-5-10-23(22)28-16-6-11-25(28)30)18-33-26(31)20-14-12-19(13-15-20)17-32-21-7-2-1-3-8-21/h1-5,7-10,12-15H,6,11,16-18H2,(H,27,29). The minimum Gasteiger partial charge on any atom is -0.489 e. The highest BCUT2D eigenvalue weighted by molar-refractivity contribution is 6.02. The fraction of sp³-hybridized carbons (Fsp3) is 0.192. The van der Waals surface area contributed by atoms with Crippen molar-refractivity contribution in [2.24, 2.45) is 0 Å². The lowest BCUT2D eigenvalue weighted by atomic mass is 10.1. The Labute approximate surface area is 191 Å². The quantitative estimate of drug-likeness (QED) is 0.527. The molecule has 1 fully saturated rings. The van der Waals surface area contributed by atoms with Gasteiger partial charge in [-0.05, 0) is 48.4 Å². The van der Waals surface area contributed by atoms with Gasteiger partial charge in [-0.1, -0.05) is 42.5 Å². The summed E-state index contributed by atoms with van der Waals surface area (Å²) in [4.78, 5) is 38.4. The van der Waals surface area contributed by atoms with Crippen molar-refractivity contribution in [1.29, 1.82) is 0 Å². The molecule has 4 rings (SSSR count). The molecule has 7 heteroatoms. The Kier molecular flexibility index (Phi) is 6.99. The highest BCUT2D eigenvalue weighted by Gasteiger charge is 2.24. The van der Waals surface area contributed by atoms with E-state index in [1.54, 1.807) is 47.4 Å². The van der Waals surface area contributed by atoms with Crippen molar-refractivity contribution >= 4 is 29.2 Å². The van der Waals surface area contributed by atoms with Gasteiger partial charge in [0.05, 0.1) is 16.9 Å². The third-order valence-electron chi connectivity index (χ3n) is 5.22. The number of hydrogen-bond donors (Lipinski definition) is 1. The highest BCUT2D eigenvalue weighted by atomic mass is 16.5. The number of hydrogen-bond acceptors (Lipinski definition) is 5. The molecule has 1 aliphatic rings. The fourth-order valence-electron chi connectivity index (χ4n) is 3.54. The van der Waals surface area contributed by atoms with Gasteiger partial charge >= 0.3 is 5.97 Å². The maximum Gasteiger partial charge on any atom is 0.338 e. The number of para-hydroxylation sites is 3. The average molecular weight is 444 g/mol. The Hall–Kier alpha value is -4.13. The summed E-state index contributed by atoms with van der Waals surface area (Å²) in [6, 6.07) is 23.4. The SMILES string of the molecule is O=C(COC(=O)c1ccc(COc2ccccc2)cc1)Nc1ccccc1N1CCCC1=O. The van der Waals surface area contributed by atoms with Crippen molar-refractivity contribution in [3.05, 3.63) is 90.0 Å². The van der Waals surface area contributed by atoms with E-state index >= 15 is 0 Å². The van der Waals surface area contributed by atoms with Gasteiger partial charge < -0.3 is 19.7 Å². The zero-order valence-electron chi connectivity index (χ0n) is 18.0. The zero-order valence-corrected chi connectivity index (χ0v) is 18.0. The number of ether oxygens (including phenoxy) is 2. The van der Waals surface area contributed by atoms with E-state index in [0.717, 1.165) is 17.7 Å². The van der Waals surface area contributed by atoms with Crippen molar-refractivity contribution < 1.29 is 23.9 Å². The maximum absolute atomic E-state index is 12.4. The van der Waals surface area contributed by atoms with Gasteiger partial charge in [0.15, 0.2) is 6.61 Å².